The van der Waals surface area contributed by atoms with Crippen LogP contribution in [0.25, 0.3) is 0 Å². The van der Waals surface area contributed by atoms with Gasteiger partial charge in [-0.2, -0.15) is 0 Å². The summed E-state index contributed by atoms with van der Waals surface area (Å²) in [6, 6.07) is 7.08. The molecule has 4 aliphatic rings. The molecule has 15 atom stereocenters. The van der Waals surface area contributed by atoms with Gasteiger partial charge in [0, 0.05) is 64.0 Å². The maximum absolute atomic E-state index is 14.6. The van der Waals surface area contributed by atoms with E-state index in [1.165, 1.54) is 14.2 Å². The molecule has 1 unspecified atom stereocenters. The van der Waals surface area contributed by atoms with Gasteiger partial charge in [-0.3, -0.25) is 29.3 Å². The average molecular weight is 1060 g/mol. The number of esters is 1. The van der Waals surface area contributed by atoms with Crippen molar-refractivity contribution in [2.24, 2.45) is 35.5 Å². The van der Waals surface area contributed by atoms with Crippen LogP contribution in [0.3, 0.4) is 0 Å². The molecule has 3 amide bonds. The third-order valence-electron chi connectivity index (χ3n) is 16.0. The van der Waals surface area contributed by atoms with E-state index in [0.717, 1.165) is 10.5 Å². The van der Waals surface area contributed by atoms with E-state index < -0.39 is 108 Å². The summed E-state index contributed by atoms with van der Waals surface area (Å²) in [4.78, 5) is 98.1. The van der Waals surface area contributed by atoms with E-state index in [4.69, 9.17) is 28.4 Å². The summed E-state index contributed by atoms with van der Waals surface area (Å²) in [5.74, 6) is -9.23. The first-order chi connectivity index (χ1) is 36.1. The number of benzene rings is 1. The topological polar surface area (TPSA) is 231 Å². The van der Waals surface area contributed by atoms with Crippen LogP contribution in [0.15, 0.2) is 77.9 Å². The standard InChI is InChI=1S/C59H84N2O15/c1-35-19-13-11-14-20-36(2)48(71-8)33-44-26-24-41(7)59(70,76-44)54(65)56(67)61-28-18-17-23-45(61)57(68)74-49(34-46(62)37(3)30-40(6)52(64)53(73-10)51(63)39(5)29-35)38(4)31-42-25-27-47(50(32-42)72-9)75-58(69)60-55(66)43-21-15-12-16-22-43/h11-16,19-22,30,35,37-39,41-42,44-45,47-50,52-53,64,70H,17-18,23-29,31-34H2,1-10H3,(H,60,66,69)/b14-11+,19-13+,36-20+,40-30+/t35-,37-,38-,39-,41-,42+,44+,45+,47-,48+,49?,50-,52-,53+,59-/m1/s1. The Morgan fingerprint density at radius 3 is 2.25 bits per heavy atom. The van der Waals surface area contributed by atoms with Crippen molar-refractivity contribution >= 4 is 41.2 Å². The quantitative estimate of drug-likeness (QED) is 0.128. The van der Waals surface area contributed by atoms with E-state index in [0.29, 0.717) is 75.3 Å². The SMILES string of the molecule is CO[C@H]1C[C@@H]2CC[C@@H](C)[C@@](O)(O2)C(=O)C(=O)N2CCCC[C@H]2C(=O)OC([C@H](C)C[C@@H]2CC[C@@H](OC(=O)NC(=O)c3ccccc3)[C@H](OC)C2)CC(=O)[C@H](C)/C=C(\C)[C@@H](O)[C@@H](OC)C(=O)[C@H](C)C[C@H](C)/C=C/C=C/C=C/1C. The van der Waals surface area contributed by atoms with Gasteiger partial charge in [-0.15, -0.1) is 0 Å². The van der Waals surface area contributed by atoms with Crippen LogP contribution in [0.2, 0.25) is 0 Å². The third kappa shape index (κ3) is 16.4. The molecular formula is C59H84N2O15. The highest BCUT2D eigenvalue weighted by Gasteiger charge is 2.53. The zero-order valence-corrected chi connectivity index (χ0v) is 46.3. The molecule has 1 aromatic rings. The molecule has 3 fully saturated rings. The fourth-order valence-corrected chi connectivity index (χ4v) is 11.2. The number of rotatable bonds is 8. The van der Waals surface area contributed by atoms with Crippen molar-refractivity contribution in [1.82, 2.24) is 10.2 Å². The summed E-state index contributed by atoms with van der Waals surface area (Å²) in [5.41, 5.74) is 1.51. The Labute approximate surface area is 449 Å². The number of hydrogen-bond donors (Lipinski definition) is 3. The molecule has 0 radical (unpaired) electrons. The van der Waals surface area contributed by atoms with Crippen LogP contribution >= 0.6 is 0 Å². The van der Waals surface area contributed by atoms with E-state index in [9.17, 15) is 43.8 Å². The van der Waals surface area contributed by atoms with Gasteiger partial charge < -0.3 is 43.5 Å². The average Bonchev–Trinajstić information content (AvgIpc) is 3.40. The molecule has 17 heteroatoms. The van der Waals surface area contributed by atoms with Crippen LogP contribution in [-0.2, 0) is 52.4 Å². The molecule has 76 heavy (non-hydrogen) atoms. The predicted molar refractivity (Wildman–Crippen MR) is 283 cm³/mol. The number of nitrogens with one attached hydrogen (secondary N) is 1. The summed E-state index contributed by atoms with van der Waals surface area (Å²) < 4.78 is 35.4. The lowest BCUT2D eigenvalue weighted by Gasteiger charge is -2.42. The van der Waals surface area contributed by atoms with Crippen molar-refractivity contribution < 1.29 is 72.2 Å². The Morgan fingerprint density at radius 1 is 0.842 bits per heavy atom. The van der Waals surface area contributed by atoms with E-state index in [2.05, 4.69) is 5.32 Å². The lowest BCUT2D eigenvalue weighted by atomic mass is 9.78. The number of amides is 3. The minimum absolute atomic E-state index is 0.00756. The molecular weight excluding hydrogens is 977 g/mol. The first kappa shape index (κ1) is 61.7. The molecule has 2 bridgehead atoms. The lowest BCUT2D eigenvalue weighted by Crippen LogP contribution is -2.61. The molecule has 3 aliphatic heterocycles. The van der Waals surface area contributed by atoms with Crippen molar-refractivity contribution in [3.63, 3.8) is 0 Å². The number of alkyl carbamates (subject to hydrolysis) is 1. The summed E-state index contributed by atoms with van der Waals surface area (Å²) in [5, 5.41) is 25.8. The van der Waals surface area contributed by atoms with Gasteiger partial charge in [-0.05, 0) is 119 Å². The monoisotopic (exact) mass is 1060 g/mol. The van der Waals surface area contributed by atoms with E-state index in [-0.39, 0.29) is 42.8 Å². The third-order valence-corrected chi connectivity index (χ3v) is 16.0. The number of carbonyl (C=O) groups is 7. The smallest absolute Gasteiger partial charge is 0.414 e. The summed E-state index contributed by atoms with van der Waals surface area (Å²) in [7, 11) is 4.44. The van der Waals surface area contributed by atoms with Crippen LogP contribution in [0, 0.1) is 35.5 Å². The number of nitrogens with zero attached hydrogens (tertiary/aromatic N) is 1. The Morgan fingerprint density at radius 2 is 1.57 bits per heavy atom. The van der Waals surface area contributed by atoms with Gasteiger partial charge in [0.05, 0.1) is 18.3 Å². The van der Waals surface area contributed by atoms with Crippen LogP contribution in [0.5, 0.6) is 0 Å². The zero-order chi connectivity index (χ0) is 55.9. The molecule has 1 aliphatic carbocycles. The minimum atomic E-state index is -2.47. The number of ketones is 3. The number of imide groups is 1. The van der Waals surface area contributed by atoms with Crippen LogP contribution < -0.4 is 5.32 Å². The number of fused-ring (bicyclic) bond motifs is 3. The fourth-order valence-electron chi connectivity index (χ4n) is 11.2. The van der Waals surface area contributed by atoms with Gasteiger partial charge in [-0.1, -0.05) is 89.3 Å². The van der Waals surface area contributed by atoms with Gasteiger partial charge in [0.25, 0.3) is 17.6 Å². The van der Waals surface area contributed by atoms with Crippen LogP contribution in [0.1, 0.15) is 136 Å². The Bertz CT molecular complexity index is 2290. The Hall–Kier alpha value is -5.17. The Kier molecular flexibility index (Phi) is 23.5. The number of carbonyl (C=O) groups excluding carboxylic acids is 7. The highest BCUT2D eigenvalue weighted by molar-refractivity contribution is 6.39. The predicted octanol–water partition coefficient (Wildman–Crippen LogP) is 7.75. The second-order valence-electron chi connectivity index (χ2n) is 21.8. The summed E-state index contributed by atoms with van der Waals surface area (Å²) >= 11 is 0. The molecule has 3 N–H and O–H groups in total. The van der Waals surface area contributed by atoms with Crippen LogP contribution in [0.4, 0.5) is 4.79 Å². The second kappa shape index (κ2) is 29.0. The largest absolute Gasteiger partial charge is 0.460 e. The molecule has 1 aromatic carbocycles. The Balaban J connectivity index is 1.42. The van der Waals surface area contributed by atoms with E-state index >= 15 is 0 Å². The molecule has 3 heterocycles. The van der Waals surface area contributed by atoms with Crippen molar-refractivity contribution in [3.8, 4) is 0 Å². The summed E-state index contributed by atoms with van der Waals surface area (Å²) in [6.07, 6.45) is 8.84. The number of Topliss-reactive ketones (excluding diaryl/α,β-unsaturated/α-hetero) is 3. The van der Waals surface area contributed by atoms with Crippen LogP contribution in [-0.4, -0.2) is 139 Å². The maximum atomic E-state index is 14.6. The summed E-state index contributed by atoms with van der Waals surface area (Å²) in [6.45, 7) is 12.6. The van der Waals surface area contributed by atoms with Gasteiger partial charge in [0.1, 0.15) is 36.2 Å². The van der Waals surface area contributed by atoms with Crippen molar-refractivity contribution in [2.45, 2.75) is 180 Å². The van der Waals surface area contributed by atoms with Gasteiger partial charge in [0.15, 0.2) is 5.78 Å². The molecule has 17 nitrogen and oxygen atoms in total. The van der Waals surface area contributed by atoms with E-state index in [1.807, 2.05) is 51.2 Å². The minimum Gasteiger partial charge on any atom is -0.460 e. The molecule has 2 saturated heterocycles. The van der Waals surface area contributed by atoms with Gasteiger partial charge in [-0.25, -0.2) is 9.59 Å². The highest BCUT2D eigenvalue weighted by atomic mass is 16.6. The van der Waals surface area contributed by atoms with E-state index in [1.54, 1.807) is 71.2 Å². The lowest BCUT2D eigenvalue weighted by molar-refractivity contribution is -0.265. The number of piperidine rings is 1. The van der Waals surface area contributed by atoms with Gasteiger partial charge in [0.2, 0.25) is 5.79 Å². The number of hydrogen-bond acceptors (Lipinski definition) is 15. The number of allylic oxidation sites excluding steroid dienone is 6. The number of aliphatic hydroxyl groups is 2. The normalized spacial score (nSPS) is 36.0. The second-order valence-corrected chi connectivity index (χ2v) is 21.8. The van der Waals surface area contributed by atoms with Gasteiger partial charge >= 0.3 is 12.1 Å². The van der Waals surface area contributed by atoms with Crippen molar-refractivity contribution in [1.29, 1.82) is 0 Å². The molecule has 5 rings (SSSR count). The maximum Gasteiger partial charge on any atom is 0.414 e. The van der Waals surface area contributed by atoms with Crippen molar-refractivity contribution in [2.75, 3.05) is 27.9 Å². The molecule has 0 aromatic heterocycles. The molecule has 0 spiro atoms. The zero-order valence-electron chi connectivity index (χ0n) is 46.3. The first-order valence-electron chi connectivity index (χ1n) is 27.2. The molecule has 1 saturated carbocycles. The number of methoxy groups -OCH3 is 3. The first-order valence-corrected chi connectivity index (χ1v) is 27.2. The fraction of sp³-hybridized carbons (Fsp3) is 0.644. The number of aliphatic hydroxyl groups excluding tert-OH is 1. The number of cyclic esters (lactones) is 1. The van der Waals surface area contributed by atoms with Crippen molar-refractivity contribution in [3.05, 3.63) is 83.5 Å². The molecule has 420 valence electrons. The highest BCUT2D eigenvalue weighted by Crippen LogP contribution is 2.38. The number of ether oxygens (including phenoxy) is 6.